The van der Waals surface area contributed by atoms with Crippen LogP contribution in [0.25, 0.3) is 5.69 Å². The fourth-order valence-corrected chi connectivity index (χ4v) is 2.73. The van der Waals surface area contributed by atoms with Crippen molar-refractivity contribution in [1.82, 2.24) is 15.1 Å². The van der Waals surface area contributed by atoms with Gasteiger partial charge in [-0.05, 0) is 49.8 Å². The third-order valence-electron chi connectivity index (χ3n) is 3.58. The zero-order valence-corrected chi connectivity index (χ0v) is 16.6. The van der Waals surface area contributed by atoms with Crippen LogP contribution in [0.15, 0.2) is 47.3 Å². The van der Waals surface area contributed by atoms with E-state index in [9.17, 15) is 9.90 Å². The summed E-state index contributed by atoms with van der Waals surface area (Å²) in [6, 6.07) is 6.69. The SMILES string of the molecule is CCO/N=C(C(=O)NC)\C(C)=C/C(O)c1ccn(-c2ccc(Cl)cc2Cl)n1. The molecule has 9 heteroatoms. The van der Waals surface area contributed by atoms with Crippen LogP contribution in [-0.2, 0) is 9.63 Å². The van der Waals surface area contributed by atoms with Crippen LogP contribution in [0.4, 0.5) is 0 Å². The van der Waals surface area contributed by atoms with Gasteiger partial charge >= 0.3 is 0 Å². The van der Waals surface area contributed by atoms with Crippen molar-refractivity contribution in [3.05, 3.63) is 57.9 Å². The van der Waals surface area contributed by atoms with Gasteiger partial charge in [0, 0.05) is 18.3 Å². The van der Waals surface area contributed by atoms with E-state index < -0.39 is 12.0 Å². The van der Waals surface area contributed by atoms with Crippen LogP contribution in [0.2, 0.25) is 10.0 Å². The summed E-state index contributed by atoms with van der Waals surface area (Å²) in [6.07, 6.45) is 2.10. The number of benzene rings is 1. The van der Waals surface area contributed by atoms with Gasteiger partial charge in [0.25, 0.3) is 5.91 Å². The fraction of sp³-hybridized carbons (Fsp3) is 0.278. The Morgan fingerprint density at radius 3 is 2.81 bits per heavy atom. The van der Waals surface area contributed by atoms with Gasteiger partial charge in [-0.3, -0.25) is 4.79 Å². The number of amides is 1. The van der Waals surface area contributed by atoms with E-state index in [1.807, 2.05) is 0 Å². The Morgan fingerprint density at radius 1 is 1.44 bits per heavy atom. The van der Waals surface area contributed by atoms with Gasteiger partial charge in [-0.15, -0.1) is 0 Å². The number of oxime groups is 1. The normalized spacial score (nSPS) is 13.4. The maximum atomic E-state index is 11.9. The minimum atomic E-state index is -1.05. The molecule has 1 unspecified atom stereocenters. The molecular formula is C18H20Cl2N4O3. The maximum absolute atomic E-state index is 11.9. The first-order valence-corrected chi connectivity index (χ1v) is 8.92. The molecule has 0 radical (unpaired) electrons. The van der Waals surface area contributed by atoms with Gasteiger partial charge in [0.15, 0.2) is 5.71 Å². The number of halogens is 2. The van der Waals surface area contributed by atoms with Crippen molar-refractivity contribution in [3.63, 3.8) is 0 Å². The number of aromatic nitrogens is 2. The number of hydrogen-bond acceptors (Lipinski definition) is 5. The molecule has 0 aliphatic carbocycles. The number of nitrogens with zero attached hydrogens (tertiary/aromatic N) is 3. The summed E-state index contributed by atoms with van der Waals surface area (Å²) in [5.74, 6) is -0.414. The van der Waals surface area contributed by atoms with E-state index in [0.29, 0.717) is 33.6 Å². The van der Waals surface area contributed by atoms with E-state index in [-0.39, 0.29) is 5.71 Å². The van der Waals surface area contributed by atoms with Gasteiger partial charge in [0.1, 0.15) is 12.7 Å². The van der Waals surface area contributed by atoms with Crippen molar-refractivity contribution >= 4 is 34.8 Å². The molecule has 7 nitrogen and oxygen atoms in total. The summed E-state index contributed by atoms with van der Waals surface area (Å²) in [5.41, 5.74) is 1.55. The van der Waals surface area contributed by atoms with Crippen LogP contribution in [0, 0.1) is 0 Å². The molecule has 0 bridgehead atoms. The lowest BCUT2D eigenvalue weighted by Gasteiger charge is -2.08. The first kappa shape index (κ1) is 21.0. The van der Waals surface area contributed by atoms with E-state index in [1.54, 1.807) is 44.3 Å². The van der Waals surface area contributed by atoms with Crippen molar-refractivity contribution in [3.8, 4) is 5.69 Å². The molecule has 2 aromatic rings. The highest BCUT2D eigenvalue weighted by atomic mass is 35.5. The smallest absolute Gasteiger partial charge is 0.273 e. The largest absolute Gasteiger partial charge is 0.395 e. The molecule has 2 rings (SSSR count). The molecule has 27 heavy (non-hydrogen) atoms. The predicted octanol–water partition coefficient (Wildman–Crippen LogP) is 3.30. The molecule has 0 aliphatic heterocycles. The zero-order valence-electron chi connectivity index (χ0n) is 15.1. The number of aliphatic hydroxyl groups is 1. The second-order valence-corrected chi connectivity index (χ2v) is 6.36. The fourth-order valence-electron chi connectivity index (χ4n) is 2.24. The maximum Gasteiger partial charge on any atom is 0.273 e. The van der Waals surface area contributed by atoms with E-state index >= 15 is 0 Å². The minimum Gasteiger partial charge on any atom is -0.395 e. The predicted molar refractivity (Wildman–Crippen MR) is 105 cm³/mol. The molecule has 1 amide bonds. The molecule has 0 saturated carbocycles. The van der Waals surface area contributed by atoms with E-state index in [0.717, 1.165) is 0 Å². The average Bonchev–Trinajstić information content (AvgIpc) is 3.11. The van der Waals surface area contributed by atoms with Gasteiger partial charge in [0.05, 0.1) is 16.4 Å². The lowest BCUT2D eigenvalue weighted by Crippen LogP contribution is -2.29. The first-order chi connectivity index (χ1) is 12.9. The van der Waals surface area contributed by atoms with Gasteiger partial charge in [0.2, 0.25) is 0 Å². The van der Waals surface area contributed by atoms with Crippen molar-refractivity contribution < 1.29 is 14.7 Å². The van der Waals surface area contributed by atoms with Crippen molar-refractivity contribution in [2.24, 2.45) is 5.16 Å². The second-order valence-electron chi connectivity index (χ2n) is 5.51. The Balaban J connectivity index is 2.27. The van der Waals surface area contributed by atoms with Crippen LogP contribution < -0.4 is 5.32 Å². The topological polar surface area (TPSA) is 88.7 Å². The molecule has 1 atom stereocenters. The monoisotopic (exact) mass is 410 g/mol. The van der Waals surface area contributed by atoms with E-state index in [1.165, 1.54) is 17.8 Å². The standard InChI is InChI=1S/C18H20Cl2N4O3/c1-4-27-23-17(18(26)21-3)11(2)9-16(25)14-7-8-24(22-14)15-6-5-12(19)10-13(15)20/h5-10,16,25H,4H2,1-3H3,(H,21,26)/b11-9-,23-17+. The number of aliphatic hydroxyl groups excluding tert-OH is 1. The lowest BCUT2D eigenvalue weighted by atomic mass is 10.1. The highest BCUT2D eigenvalue weighted by molar-refractivity contribution is 6.45. The minimum absolute atomic E-state index is 0.0820. The molecule has 1 heterocycles. The Labute approximate surface area is 167 Å². The van der Waals surface area contributed by atoms with Crippen molar-refractivity contribution in [1.29, 1.82) is 0 Å². The molecule has 0 spiro atoms. The molecule has 0 aliphatic rings. The lowest BCUT2D eigenvalue weighted by molar-refractivity contribution is -0.114. The van der Waals surface area contributed by atoms with Crippen LogP contribution in [0.5, 0.6) is 0 Å². The third kappa shape index (κ3) is 5.32. The number of carbonyl (C=O) groups excluding carboxylic acids is 1. The average molecular weight is 411 g/mol. The summed E-state index contributed by atoms with van der Waals surface area (Å²) < 4.78 is 1.54. The van der Waals surface area contributed by atoms with Gasteiger partial charge in [-0.1, -0.05) is 28.4 Å². The van der Waals surface area contributed by atoms with E-state index in [4.69, 9.17) is 28.0 Å². The first-order valence-electron chi connectivity index (χ1n) is 8.17. The summed E-state index contributed by atoms with van der Waals surface area (Å²) in [7, 11) is 1.49. The number of rotatable bonds is 7. The van der Waals surface area contributed by atoms with Crippen molar-refractivity contribution in [2.75, 3.05) is 13.7 Å². The summed E-state index contributed by atoms with van der Waals surface area (Å²) in [5, 5.41) is 22.0. The number of hydrogen-bond donors (Lipinski definition) is 2. The van der Waals surface area contributed by atoms with Crippen LogP contribution >= 0.6 is 23.2 Å². The highest BCUT2D eigenvalue weighted by Gasteiger charge is 2.17. The zero-order chi connectivity index (χ0) is 20.0. The quantitative estimate of drug-likeness (QED) is 0.541. The summed E-state index contributed by atoms with van der Waals surface area (Å²) >= 11 is 12.1. The van der Waals surface area contributed by atoms with Gasteiger partial charge in [-0.2, -0.15) is 5.10 Å². The molecular weight excluding hydrogens is 391 g/mol. The molecule has 1 aromatic heterocycles. The summed E-state index contributed by atoms with van der Waals surface area (Å²) in [6.45, 7) is 3.74. The number of nitrogens with one attached hydrogen (secondary N) is 1. The van der Waals surface area contributed by atoms with Crippen LogP contribution in [0.1, 0.15) is 25.6 Å². The van der Waals surface area contributed by atoms with Crippen molar-refractivity contribution in [2.45, 2.75) is 20.0 Å². The molecule has 2 N–H and O–H groups in total. The highest BCUT2D eigenvalue weighted by Crippen LogP contribution is 2.25. The number of carbonyl (C=O) groups is 1. The van der Waals surface area contributed by atoms with Gasteiger partial charge in [-0.25, -0.2) is 4.68 Å². The Kier molecular flexibility index (Phi) is 7.41. The molecule has 0 saturated heterocycles. The Morgan fingerprint density at radius 2 is 2.19 bits per heavy atom. The molecule has 0 fully saturated rings. The summed E-state index contributed by atoms with van der Waals surface area (Å²) in [4.78, 5) is 16.9. The molecule has 144 valence electrons. The molecule has 1 aromatic carbocycles. The second kappa shape index (κ2) is 9.55. The Bertz CT molecular complexity index is 877. The Hall–Kier alpha value is -2.35. The van der Waals surface area contributed by atoms with E-state index in [2.05, 4.69) is 15.6 Å². The third-order valence-corrected chi connectivity index (χ3v) is 4.12. The van der Waals surface area contributed by atoms with Gasteiger partial charge < -0.3 is 15.3 Å². The van der Waals surface area contributed by atoms with Crippen LogP contribution in [-0.4, -0.2) is 40.2 Å². The van der Waals surface area contributed by atoms with Crippen LogP contribution in [0.3, 0.4) is 0 Å².